The molecular weight excluding hydrogens is 416 g/mol. The van der Waals surface area contributed by atoms with Crippen LogP contribution in [0.25, 0.3) is 21.7 Å². The van der Waals surface area contributed by atoms with E-state index in [1.165, 1.54) is 49.6 Å². The fourth-order valence-electron chi connectivity index (χ4n) is 6.20. The topological polar surface area (TPSA) is 28.3 Å². The SMILES string of the molecule is C[C@H](c1cccc2ccccc12)N1CCc2c([nH]c3ccccc23)[C@H]1c1ccc2c(c1)CCO2. The molecule has 0 radical (unpaired) electrons. The Labute approximate surface area is 200 Å². The first-order valence-electron chi connectivity index (χ1n) is 12.4. The van der Waals surface area contributed by atoms with Crippen LogP contribution in [0.15, 0.2) is 84.9 Å². The van der Waals surface area contributed by atoms with E-state index in [9.17, 15) is 0 Å². The molecule has 3 heteroatoms. The lowest BCUT2D eigenvalue weighted by Gasteiger charge is -2.41. The Morgan fingerprint density at radius 3 is 2.65 bits per heavy atom. The van der Waals surface area contributed by atoms with Crippen LogP contribution in [0, 0.1) is 0 Å². The summed E-state index contributed by atoms with van der Waals surface area (Å²) in [5, 5.41) is 4.02. The van der Waals surface area contributed by atoms with Crippen LogP contribution < -0.4 is 4.74 Å². The smallest absolute Gasteiger partial charge is 0.122 e. The van der Waals surface area contributed by atoms with Gasteiger partial charge in [-0.2, -0.15) is 0 Å². The molecule has 3 heterocycles. The van der Waals surface area contributed by atoms with Crippen molar-refractivity contribution in [1.82, 2.24) is 9.88 Å². The van der Waals surface area contributed by atoms with Gasteiger partial charge in [-0.15, -0.1) is 0 Å². The van der Waals surface area contributed by atoms with E-state index in [0.29, 0.717) is 0 Å². The summed E-state index contributed by atoms with van der Waals surface area (Å²) >= 11 is 0. The van der Waals surface area contributed by atoms with Crippen molar-refractivity contribution in [2.75, 3.05) is 13.2 Å². The molecule has 2 aliphatic rings. The zero-order valence-corrected chi connectivity index (χ0v) is 19.4. The van der Waals surface area contributed by atoms with Gasteiger partial charge in [-0.1, -0.05) is 72.8 Å². The number of benzene rings is 4. The molecule has 5 aromatic rings. The van der Waals surface area contributed by atoms with Crippen LogP contribution in [0.1, 0.15) is 47.0 Å². The molecule has 0 saturated heterocycles. The van der Waals surface area contributed by atoms with Gasteiger partial charge in [-0.05, 0) is 58.5 Å². The van der Waals surface area contributed by atoms with Crippen LogP contribution >= 0.6 is 0 Å². The molecule has 0 unspecified atom stereocenters. The number of aromatic nitrogens is 1. The van der Waals surface area contributed by atoms with E-state index >= 15 is 0 Å². The van der Waals surface area contributed by atoms with Gasteiger partial charge in [0.15, 0.2) is 0 Å². The van der Waals surface area contributed by atoms with Gasteiger partial charge < -0.3 is 9.72 Å². The van der Waals surface area contributed by atoms with Gasteiger partial charge in [0, 0.05) is 35.6 Å². The molecule has 7 rings (SSSR count). The Balaban J connectivity index is 1.40. The number of rotatable bonds is 3. The molecule has 2 atom stereocenters. The van der Waals surface area contributed by atoms with Crippen molar-refractivity contribution in [3.8, 4) is 5.75 Å². The summed E-state index contributed by atoms with van der Waals surface area (Å²) in [4.78, 5) is 6.52. The number of ether oxygens (including phenoxy) is 1. The Hall–Kier alpha value is -3.56. The first-order chi connectivity index (χ1) is 16.8. The van der Waals surface area contributed by atoms with E-state index in [0.717, 1.165) is 31.7 Å². The van der Waals surface area contributed by atoms with E-state index in [4.69, 9.17) is 4.74 Å². The number of nitrogens with zero attached hydrogens (tertiary/aromatic N) is 1. The first kappa shape index (κ1) is 19.9. The maximum absolute atomic E-state index is 5.83. The van der Waals surface area contributed by atoms with Crippen LogP contribution in [-0.4, -0.2) is 23.0 Å². The minimum Gasteiger partial charge on any atom is -0.493 e. The highest BCUT2D eigenvalue weighted by Crippen LogP contribution is 2.44. The Morgan fingerprint density at radius 1 is 0.882 bits per heavy atom. The fourth-order valence-corrected chi connectivity index (χ4v) is 6.20. The number of para-hydroxylation sites is 1. The minimum absolute atomic E-state index is 0.177. The third kappa shape index (κ3) is 3.00. The summed E-state index contributed by atoms with van der Waals surface area (Å²) in [7, 11) is 0. The van der Waals surface area contributed by atoms with E-state index < -0.39 is 0 Å². The predicted octanol–water partition coefficient (Wildman–Crippen LogP) is 6.96. The van der Waals surface area contributed by atoms with Gasteiger partial charge in [0.25, 0.3) is 0 Å². The molecule has 0 aliphatic carbocycles. The van der Waals surface area contributed by atoms with E-state index in [-0.39, 0.29) is 12.1 Å². The number of hydrogen-bond acceptors (Lipinski definition) is 2. The molecule has 0 spiro atoms. The number of aromatic amines is 1. The molecule has 4 aromatic carbocycles. The predicted molar refractivity (Wildman–Crippen MR) is 139 cm³/mol. The second kappa shape index (κ2) is 7.75. The Morgan fingerprint density at radius 2 is 1.71 bits per heavy atom. The largest absolute Gasteiger partial charge is 0.493 e. The molecule has 3 nitrogen and oxygen atoms in total. The van der Waals surface area contributed by atoms with Gasteiger partial charge in [0.1, 0.15) is 5.75 Å². The zero-order chi connectivity index (χ0) is 22.6. The maximum atomic E-state index is 5.83. The van der Waals surface area contributed by atoms with Crippen molar-refractivity contribution in [3.05, 3.63) is 113 Å². The quantitative estimate of drug-likeness (QED) is 0.326. The molecule has 0 saturated carbocycles. The minimum atomic E-state index is 0.177. The molecular formula is C31H28N2O. The van der Waals surface area contributed by atoms with Crippen LogP contribution in [0.5, 0.6) is 5.75 Å². The maximum Gasteiger partial charge on any atom is 0.122 e. The van der Waals surface area contributed by atoms with Crippen molar-refractivity contribution < 1.29 is 4.74 Å². The van der Waals surface area contributed by atoms with E-state index in [1.54, 1.807) is 0 Å². The Kier molecular flexibility index (Phi) is 4.53. The van der Waals surface area contributed by atoms with Crippen molar-refractivity contribution in [2.45, 2.75) is 31.8 Å². The van der Waals surface area contributed by atoms with Gasteiger partial charge in [0.05, 0.1) is 12.6 Å². The van der Waals surface area contributed by atoms with Crippen LogP contribution in [0.4, 0.5) is 0 Å². The van der Waals surface area contributed by atoms with Crippen molar-refractivity contribution in [2.24, 2.45) is 0 Å². The van der Waals surface area contributed by atoms with E-state index in [1.807, 2.05) is 0 Å². The summed E-state index contributed by atoms with van der Waals surface area (Å²) in [6.45, 7) is 4.19. The molecule has 0 amide bonds. The van der Waals surface area contributed by atoms with Gasteiger partial charge in [-0.25, -0.2) is 0 Å². The molecule has 0 fully saturated rings. The normalized spacial score (nSPS) is 18.6. The number of H-pyrrole nitrogens is 1. The average Bonchev–Trinajstić information content (AvgIpc) is 3.51. The zero-order valence-electron chi connectivity index (χ0n) is 19.4. The summed E-state index contributed by atoms with van der Waals surface area (Å²) in [6.07, 6.45) is 2.05. The van der Waals surface area contributed by atoms with Gasteiger partial charge >= 0.3 is 0 Å². The first-order valence-corrected chi connectivity index (χ1v) is 12.4. The second-order valence-electron chi connectivity index (χ2n) is 9.66. The lowest BCUT2D eigenvalue weighted by atomic mass is 9.88. The van der Waals surface area contributed by atoms with Crippen molar-refractivity contribution >= 4 is 21.7 Å². The second-order valence-corrected chi connectivity index (χ2v) is 9.66. The number of hydrogen-bond donors (Lipinski definition) is 1. The van der Waals surface area contributed by atoms with Crippen LogP contribution in [-0.2, 0) is 12.8 Å². The molecule has 1 N–H and O–H groups in total. The standard InChI is InChI=1S/C31H28N2O/c1-20(24-11-6-8-21-7-2-3-9-25(21)24)33-17-15-27-26-10-4-5-12-28(26)32-30(27)31(33)23-13-14-29-22(19-23)16-18-34-29/h2-14,19-20,31-32H,15-18H2,1H3/t20-,31-/m1/s1. The molecule has 34 heavy (non-hydrogen) atoms. The fraction of sp³-hybridized carbons (Fsp3) is 0.226. The highest BCUT2D eigenvalue weighted by molar-refractivity contribution is 5.87. The van der Waals surface area contributed by atoms with Gasteiger partial charge in [-0.3, -0.25) is 4.90 Å². The van der Waals surface area contributed by atoms with Crippen molar-refractivity contribution in [3.63, 3.8) is 0 Å². The van der Waals surface area contributed by atoms with E-state index in [2.05, 4.69) is 102 Å². The molecule has 2 aliphatic heterocycles. The average molecular weight is 445 g/mol. The van der Waals surface area contributed by atoms with Crippen molar-refractivity contribution in [1.29, 1.82) is 0 Å². The molecule has 168 valence electrons. The monoisotopic (exact) mass is 444 g/mol. The lowest BCUT2D eigenvalue weighted by Crippen LogP contribution is -2.38. The highest BCUT2D eigenvalue weighted by atomic mass is 16.5. The molecule has 0 bridgehead atoms. The van der Waals surface area contributed by atoms with Crippen LogP contribution in [0.3, 0.4) is 0 Å². The van der Waals surface area contributed by atoms with Gasteiger partial charge in [0.2, 0.25) is 0 Å². The Bertz CT molecular complexity index is 1530. The number of fused-ring (bicyclic) bond motifs is 5. The summed E-state index contributed by atoms with van der Waals surface area (Å²) in [6, 6.07) is 31.5. The molecule has 1 aromatic heterocycles. The number of nitrogens with one attached hydrogen (secondary N) is 1. The third-order valence-corrected chi connectivity index (χ3v) is 7.87. The third-order valence-electron chi connectivity index (χ3n) is 7.87. The summed E-state index contributed by atoms with van der Waals surface area (Å²) in [5.74, 6) is 1.05. The summed E-state index contributed by atoms with van der Waals surface area (Å²) in [5.41, 5.74) is 8.13. The van der Waals surface area contributed by atoms with Crippen LogP contribution in [0.2, 0.25) is 0 Å². The lowest BCUT2D eigenvalue weighted by molar-refractivity contribution is 0.156. The highest BCUT2D eigenvalue weighted by Gasteiger charge is 2.35. The summed E-state index contributed by atoms with van der Waals surface area (Å²) < 4.78 is 5.83.